The van der Waals surface area contributed by atoms with E-state index in [4.69, 9.17) is 0 Å². The Morgan fingerprint density at radius 2 is 1.23 bits per heavy atom. The van der Waals surface area contributed by atoms with Crippen LogP contribution in [-0.2, 0) is 11.8 Å². The number of aryl methyl sites for hydroxylation is 1. The van der Waals surface area contributed by atoms with Crippen LogP contribution in [0.15, 0.2) is 91.0 Å². The molecule has 1 aliphatic carbocycles. The maximum atomic E-state index is 4.41. The second-order valence-electron chi connectivity index (χ2n) is 8.43. The molecule has 30 heavy (non-hydrogen) atoms. The van der Waals surface area contributed by atoms with Crippen LogP contribution < -0.4 is 0 Å². The van der Waals surface area contributed by atoms with Gasteiger partial charge in [0.05, 0.1) is 0 Å². The molecule has 0 aliphatic heterocycles. The van der Waals surface area contributed by atoms with Gasteiger partial charge in [0.15, 0.2) is 0 Å². The summed E-state index contributed by atoms with van der Waals surface area (Å²) in [5.41, 5.74) is 8.42. The zero-order valence-electron chi connectivity index (χ0n) is 19.0. The van der Waals surface area contributed by atoms with Gasteiger partial charge in [-0.05, 0) is 47.6 Å². The van der Waals surface area contributed by atoms with Crippen molar-refractivity contribution in [1.29, 1.82) is 0 Å². The van der Waals surface area contributed by atoms with Crippen LogP contribution in [-0.4, -0.2) is 0 Å². The first-order valence-corrected chi connectivity index (χ1v) is 11.5. The Morgan fingerprint density at radius 1 is 0.700 bits per heavy atom. The number of hydrogen-bond acceptors (Lipinski definition) is 0. The third-order valence-corrected chi connectivity index (χ3v) is 6.45. The fourth-order valence-corrected chi connectivity index (χ4v) is 4.80. The van der Waals surface area contributed by atoms with E-state index in [-0.39, 0.29) is 5.41 Å². The van der Waals surface area contributed by atoms with Crippen molar-refractivity contribution in [2.75, 3.05) is 0 Å². The van der Waals surface area contributed by atoms with Crippen molar-refractivity contribution < 1.29 is 0 Å². The van der Waals surface area contributed by atoms with Crippen LogP contribution in [0.1, 0.15) is 69.6 Å². The molecular formula is C30H36. The summed E-state index contributed by atoms with van der Waals surface area (Å²) in [6.07, 6.45) is 7.51. The van der Waals surface area contributed by atoms with E-state index in [2.05, 4.69) is 100 Å². The van der Waals surface area contributed by atoms with Crippen LogP contribution >= 0.6 is 0 Å². The Kier molecular flexibility index (Phi) is 7.69. The van der Waals surface area contributed by atoms with Crippen molar-refractivity contribution in [2.45, 2.75) is 64.7 Å². The molecule has 0 radical (unpaired) electrons. The summed E-state index contributed by atoms with van der Waals surface area (Å²) in [6, 6.07) is 28.3. The third kappa shape index (κ3) is 4.43. The second kappa shape index (κ2) is 10.4. The van der Waals surface area contributed by atoms with E-state index in [1.54, 1.807) is 0 Å². The Morgan fingerprint density at radius 3 is 1.70 bits per heavy atom. The van der Waals surface area contributed by atoms with Gasteiger partial charge in [0.1, 0.15) is 0 Å². The predicted octanol–water partition coefficient (Wildman–Crippen LogP) is 8.75. The maximum absolute atomic E-state index is 4.41. The number of benzene rings is 3. The number of rotatable bonds is 7. The molecule has 0 heterocycles. The molecule has 0 spiro atoms. The van der Waals surface area contributed by atoms with E-state index in [1.165, 1.54) is 65.5 Å². The first kappa shape index (κ1) is 22.1. The topological polar surface area (TPSA) is 0 Å². The average molecular weight is 397 g/mol. The summed E-state index contributed by atoms with van der Waals surface area (Å²) in [5, 5.41) is 0. The first-order chi connectivity index (χ1) is 14.6. The molecule has 3 aromatic rings. The highest BCUT2D eigenvalue weighted by molar-refractivity contribution is 5.82. The van der Waals surface area contributed by atoms with Gasteiger partial charge >= 0.3 is 0 Å². The van der Waals surface area contributed by atoms with E-state index in [0.717, 1.165) is 6.42 Å². The van der Waals surface area contributed by atoms with Gasteiger partial charge in [0.2, 0.25) is 0 Å². The zero-order valence-corrected chi connectivity index (χ0v) is 19.0. The molecule has 0 atom stereocenters. The van der Waals surface area contributed by atoms with Gasteiger partial charge in [-0.15, -0.1) is 0 Å². The zero-order chi connectivity index (χ0) is 21.4. The molecule has 0 nitrogen and oxygen atoms in total. The van der Waals surface area contributed by atoms with Gasteiger partial charge in [-0.2, -0.15) is 0 Å². The lowest BCUT2D eigenvalue weighted by Gasteiger charge is -2.33. The highest BCUT2D eigenvalue weighted by atomic mass is 14.4. The van der Waals surface area contributed by atoms with Crippen molar-refractivity contribution in [1.82, 2.24) is 0 Å². The summed E-state index contributed by atoms with van der Waals surface area (Å²) >= 11 is 0. The minimum atomic E-state index is 0.0148. The number of allylic oxidation sites excluding steroid dienone is 1. The fraction of sp³-hybridized carbons (Fsp3) is 0.333. The highest BCUT2D eigenvalue weighted by Gasteiger charge is 2.42. The minimum Gasteiger partial charge on any atom is -0.0989 e. The molecule has 3 aromatic carbocycles. The van der Waals surface area contributed by atoms with Crippen LogP contribution in [0.5, 0.6) is 0 Å². The quantitative estimate of drug-likeness (QED) is 0.276. The minimum absolute atomic E-state index is 0.0148. The normalized spacial score (nSPS) is 13.0. The van der Waals surface area contributed by atoms with Crippen LogP contribution in [0.2, 0.25) is 0 Å². The molecular weight excluding hydrogens is 360 g/mol. The van der Waals surface area contributed by atoms with Gasteiger partial charge in [-0.25, -0.2) is 0 Å². The van der Waals surface area contributed by atoms with Crippen molar-refractivity contribution in [3.8, 4) is 11.1 Å². The molecule has 0 unspecified atom stereocenters. The van der Waals surface area contributed by atoms with Crippen molar-refractivity contribution >= 4 is 0 Å². The van der Waals surface area contributed by atoms with Crippen LogP contribution in [0.4, 0.5) is 0 Å². The Hall–Kier alpha value is -2.60. The predicted molar refractivity (Wildman–Crippen MR) is 132 cm³/mol. The SMILES string of the molecule is C=C(C)C1(CCCCCC)c2ccccc2-c2ccccc21.CCc1ccccc1. The lowest BCUT2D eigenvalue weighted by atomic mass is 9.70. The van der Waals surface area contributed by atoms with Crippen LogP contribution in [0, 0.1) is 0 Å². The lowest BCUT2D eigenvalue weighted by Crippen LogP contribution is -2.26. The summed E-state index contributed by atoms with van der Waals surface area (Å²) in [6.45, 7) is 11.0. The smallest absolute Gasteiger partial charge is 0.0418 e. The fourth-order valence-electron chi connectivity index (χ4n) is 4.80. The van der Waals surface area contributed by atoms with Crippen LogP contribution in [0.3, 0.4) is 0 Å². The van der Waals surface area contributed by atoms with E-state index in [1.807, 2.05) is 6.07 Å². The summed E-state index contributed by atoms with van der Waals surface area (Å²) in [4.78, 5) is 0. The lowest BCUT2D eigenvalue weighted by molar-refractivity contribution is 0.509. The molecule has 0 saturated heterocycles. The molecule has 4 rings (SSSR count). The standard InChI is InChI=1S/C22H26.C8H10/c1-4-5-6-11-16-22(17(2)3)20-14-9-7-12-18(20)19-13-8-10-15-21(19)22;1-2-8-6-4-3-5-7-8/h7-10,12-15H,2,4-6,11,16H2,1,3H3;3-7H,2H2,1H3. The second-order valence-corrected chi connectivity index (χ2v) is 8.43. The van der Waals surface area contributed by atoms with Crippen molar-refractivity contribution in [2.24, 2.45) is 0 Å². The van der Waals surface area contributed by atoms with Gasteiger partial charge in [-0.1, -0.05) is 131 Å². The first-order valence-electron chi connectivity index (χ1n) is 11.5. The molecule has 156 valence electrons. The number of fused-ring (bicyclic) bond motifs is 3. The van der Waals surface area contributed by atoms with E-state index < -0.39 is 0 Å². The Bertz CT molecular complexity index is 903. The van der Waals surface area contributed by atoms with E-state index >= 15 is 0 Å². The number of hydrogen-bond donors (Lipinski definition) is 0. The molecule has 0 heteroatoms. The summed E-state index contributed by atoms with van der Waals surface area (Å²) in [7, 11) is 0. The van der Waals surface area contributed by atoms with Gasteiger partial charge in [0.25, 0.3) is 0 Å². The highest BCUT2D eigenvalue weighted by Crippen LogP contribution is 2.54. The third-order valence-electron chi connectivity index (χ3n) is 6.45. The van der Waals surface area contributed by atoms with Crippen molar-refractivity contribution in [3.63, 3.8) is 0 Å². The molecule has 1 aliphatic rings. The Labute approximate surface area is 183 Å². The average Bonchev–Trinajstić information content (AvgIpc) is 3.09. The monoisotopic (exact) mass is 396 g/mol. The molecule has 0 aromatic heterocycles. The molecule has 0 fully saturated rings. The Balaban J connectivity index is 0.000000269. The molecule has 0 N–H and O–H groups in total. The van der Waals surface area contributed by atoms with E-state index in [9.17, 15) is 0 Å². The number of unbranched alkanes of at least 4 members (excludes halogenated alkanes) is 3. The van der Waals surface area contributed by atoms with Gasteiger partial charge in [-0.3, -0.25) is 0 Å². The van der Waals surface area contributed by atoms with Gasteiger partial charge < -0.3 is 0 Å². The molecule has 0 saturated carbocycles. The summed E-state index contributed by atoms with van der Waals surface area (Å²) < 4.78 is 0. The van der Waals surface area contributed by atoms with Gasteiger partial charge in [0, 0.05) is 5.41 Å². The summed E-state index contributed by atoms with van der Waals surface area (Å²) in [5.74, 6) is 0. The van der Waals surface area contributed by atoms with Crippen LogP contribution in [0.25, 0.3) is 11.1 Å². The molecule has 0 amide bonds. The van der Waals surface area contributed by atoms with E-state index in [0.29, 0.717) is 0 Å². The molecule has 0 bridgehead atoms. The maximum Gasteiger partial charge on any atom is 0.0418 e. The largest absolute Gasteiger partial charge is 0.0989 e. The van der Waals surface area contributed by atoms with Crippen molar-refractivity contribution in [3.05, 3.63) is 108 Å².